The van der Waals surface area contributed by atoms with Crippen LogP contribution in [0.15, 0.2) is 58.6 Å². The van der Waals surface area contributed by atoms with Crippen LogP contribution in [-0.2, 0) is 0 Å². The van der Waals surface area contributed by atoms with E-state index in [1.165, 1.54) is 5.39 Å². The molecule has 0 spiro atoms. The molecule has 0 aliphatic rings. The van der Waals surface area contributed by atoms with E-state index in [0.717, 1.165) is 27.6 Å². The van der Waals surface area contributed by atoms with Gasteiger partial charge in [0, 0.05) is 28.0 Å². The quantitative estimate of drug-likeness (QED) is 0.757. The summed E-state index contributed by atoms with van der Waals surface area (Å²) in [7, 11) is 0. The maximum atomic E-state index is 5.97. The standard InChI is InChI=1S/C16H17N3S/c1-2-13(17)15-8-7-12(10-18-15)20-16-9-11-5-3-4-6-14(11)19-16/h3-10,13,19H,2,17H2,1H3. The van der Waals surface area contributed by atoms with Crippen LogP contribution in [0.4, 0.5) is 0 Å². The lowest BCUT2D eigenvalue weighted by Crippen LogP contribution is -2.10. The second-order valence-electron chi connectivity index (χ2n) is 4.76. The number of para-hydroxylation sites is 1. The van der Waals surface area contributed by atoms with Crippen molar-refractivity contribution in [3.63, 3.8) is 0 Å². The number of benzene rings is 1. The summed E-state index contributed by atoms with van der Waals surface area (Å²) >= 11 is 1.68. The first-order chi connectivity index (χ1) is 9.76. The number of nitrogens with one attached hydrogen (secondary N) is 1. The fourth-order valence-corrected chi connectivity index (χ4v) is 2.95. The van der Waals surface area contributed by atoms with Gasteiger partial charge in [0.1, 0.15) is 0 Å². The number of H-pyrrole nitrogens is 1. The molecule has 0 saturated heterocycles. The summed E-state index contributed by atoms with van der Waals surface area (Å²) in [6, 6.07) is 14.6. The molecule has 2 aromatic heterocycles. The highest BCUT2D eigenvalue weighted by Crippen LogP contribution is 2.29. The first-order valence-electron chi connectivity index (χ1n) is 6.73. The molecule has 3 N–H and O–H groups in total. The van der Waals surface area contributed by atoms with E-state index in [2.05, 4.69) is 41.2 Å². The Kier molecular flexibility index (Phi) is 3.76. The van der Waals surface area contributed by atoms with Gasteiger partial charge in [-0.15, -0.1) is 0 Å². The van der Waals surface area contributed by atoms with Crippen LogP contribution < -0.4 is 5.73 Å². The zero-order valence-corrected chi connectivity index (χ0v) is 12.2. The molecular formula is C16H17N3S. The van der Waals surface area contributed by atoms with E-state index in [0.29, 0.717) is 0 Å². The molecule has 0 bridgehead atoms. The van der Waals surface area contributed by atoms with Crippen molar-refractivity contribution in [2.75, 3.05) is 0 Å². The van der Waals surface area contributed by atoms with Crippen molar-refractivity contribution >= 4 is 22.7 Å². The van der Waals surface area contributed by atoms with Crippen molar-refractivity contribution in [2.24, 2.45) is 5.73 Å². The predicted octanol–water partition coefficient (Wildman–Crippen LogP) is 4.12. The van der Waals surface area contributed by atoms with Crippen LogP contribution in [0.2, 0.25) is 0 Å². The molecule has 0 amide bonds. The summed E-state index contributed by atoms with van der Waals surface area (Å²) in [5, 5.41) is 2.35. The Morgan fingerprint density at radius 1 is 1.25 bits per heavy atom. The van der Waals surface area contributed by atoms with Gasteiger partial charge < -0.3 is 10.7 Å². The van der Waals surface area contributed by atoms with E-state index >= 15 is 0 Å². The number of hydrogen-bond donors (Lipinski definition) is 2. The molecule has 1 unspecified atom stereocenters. The first kappa shape index (κ1) is 13.2. The van der Waals surface area contributed by atoms with E-state index < -0.39 is 0 Å². The molecule has 0 fully saturated rings. The number of rotatable bonds is 4. The largest absolute Gasteiger partial charge is 0.349 e. The maximum absolute atomic E-state index is 5.97. The van der Waals surface area contributed by atoms with Gasteiger partial charge >= 0.3 is 0 Å². The highest BCUT2D eigenvalue weighted by molar-refractivity contribution is 7.99. The second kappa shape index (κ2) is 5.69. The van der Waals surface area contributed by atoms with Gasteiger partial charge in [-0.1, -0.05) is 36.9 Å². The van der Waals surface area contributed by atoms with Gasteiger partial charge in [-0.2, -0.15) is 0 Å². The second-order valence-corrected chi connectivity index (χ2v) is 5.87. The Labute approximate surface area is 122 Å². The molecule has 3 rings (SSSR count). The summed E-state index contributed by atoms with van der Waals surface area (Å²) in [5.74, 6) is 0. The van der Waals surface area contributed by atoms with E-state index in [4.69, 9.17) is 5.73 Å². The number of nitrogens with zero attached hydrogens (tertiary/aromatic N) is 1. The van der Waals surface area contributed by atoms with Gasteiger partial charge in [-0.05, 0) is 30.7 Å². The molecular weight excluding hydrogens is 266 g/mol. The van der Waals surface area contributed by atoms with Gasteiger partial charge in [0.15, 0.2) is 0 Å². The van der Waals surface area contributed by atoms with Crippen LogP contribution >= 0.6 is 11.8 Å². The number of nitrogens with two attached hydrogens (primary N) is 1. The van der Waals surface area contributed by atoms with Crippen molar-refractivity contribution < 1.29 is 0 Å². The lowest BCUT2D eigenvalue weighted by molar-refractivity contribution is 0.674. The SMILES string of the molecule is CCC(N)c1ccc(Sc2cc3ccccc3[nH]2)cn1. The lowest BCUT2D eigenvalue weighted by atomic mass is 10.1. The molecule has 1 atom stereocenters. The van der Waals surface area contributed by atoms with Gasteiger partial charge in [0.2, 0.25) is 0 Å². The zero-order chi connectivity index (χ0) is 13.9. The molecule has 0 aliphatic heterocycles. The van der Waals surface area contributed by atoms with Gasteiger partial charge in [0.05, 0.1) is 10.7 Å². The van der Waals surface area contributed by atoms with Gasteiger partial charge in [-0.3, -0.25) is 4.98 Å². The summed E-state index contributed by atoms with van der Waals surface area (Å²) in [6.07, 6.45) is 2.79. The van der Waals surface area contributed by atoms with E-state index in [9.17, 15) is 0 Å². The van der Waals surface area contributed by atoms with Crippen molar-refractivity contribution in [1.82, 2.24) is 9.97 Å². The molecule has 2 heterocycles. The number of fused-ring (bicyclic) bond motifs is 1. The van der Waals surface area contributed by atoms with Gasteiger partial charge in [-0.25, -0.2) is 0 Å². The third-order valence-corrected chi connectivity index (χ3v) is 4.23. The third-order valence-electron chi connectivity index (χ3n) is 3.31. The number of hydrogen-bond acceptors (Lipinski definition) is 3. The Balaban J connectivity index is 1.80. The predicted molar refractivity (Wildman–Crippen MR) is 83.9 cm³/mol. The minimum atomic E-state index is 0.0297. The topological polar surface area (TPSA) is 54.7 Å². The molecule has 3 aromatic rings. The van der Waals surface area contributed by atoms with Crippen LogP contribution in [0, 0.1) is 0 Å². The highest BCUT2D eigenvalue weighted by Gasteiger charge is 2.06. The average molecular weight is 283 g/mol. The van der Waals surface area contributed by atoms with E-state index in [1.54, 1.807) is 11.8 Å². The Morgan fingerprint density at radius 2 is 2.10 bits per heavy atom. The van der Waals surface area contributed by atoms with Crippen molar-refractivity contribution in [2.45, 2.75) is 29.3 Å². The van der Waals surface area contributed by atoms with E-state index in [1.807, 2.05) is 24.4 Å². The third kappa shape index (κ3) is 2.71. The summed E-state index contributed by atoms with van der Waals surface area (Å²) < 4.78 is 0. The molecule has 102 valence electrons. The van der Waals surface area contributed by atoms with Crippen LogP contribution in [0.25, 0.3) is 10.9 Å². The zero-order valence-electron chi connectivity index (χ0n) is 11.3. The van der Waals surface area contributed by atoms with Crippen LogP contribution in [0.3, 0.4) is 0 Å². The van der Waals surface area contributed by atoms with Crippen molar-refractivity contribution in [3.05, 3.63) is 54.4 Å². The van der Waals surface area contributed by atoms with Crippen molar-refractivity contribution in [1.29, 1.82) is 0 Å². The molecule has 0 radical (unpaired) electrons. The highest BCUT2D eigenvalue weighted by atomic mass is 32.2. The summed E-state index contributed by atoms with van der Waals surface area (Å²) in [5.41, 5.74) is 8.08. The minimum Gasteiger partial charge on any atom is -0.349 e. The minimum absolute atomic E-state index is 0.0297. The average Bonchev–Trinajstić information content (AvgIpc) is 2.89. The first-order valence-corrected chi connectivity index (χ1v) is 7.55. The Bertz CT molecular complexity index is 670. The maximum Gasteiger partial charge on any atom is 0.0781 e. The molecule has 3 nitrogen and oxygen atoms in total. The molecule has 1 aromatic carbocycles. The molecule has 0 aliphatic carbocycles. The number of aromatic nitrogens is 2. The molecule has 20 heavy (non-hydrogen) atoms. The van der Waals surface area contributed by atoms with E-state index in [-0.39, 0.29) is 6.04 Å². The summed E-state index contributed by atoms with van der Waals surface area (Å²) in [4.78, 5) is 8.96. The molecule has 0 saturated carbocycles. The van der Waals surface area contributed by atoms with Crippen LogP contribution in [-0.4, -0.2) is 9.97 Å². The van der Waals surface area contributed by atoms with Crippen LogP contribution in [0.1, 0.15) is 25.1 Å². The number of pyridine rings is 1. The smallest absolute Gasteiger partial charge is 0.0781 e. The fourth-order valence-electron chi connectivity index (χ4n) is 2.11. The monoisotopic (exact) mass is 283 g/mol. The Hall–Kier alpha value is -1.78. The van der Waals surface area contributed by atoms with Crippen molar-refractivity contribution in [3.8, 4) is 0 Å². The van der Waals surface area contributed by atoms with Gasteiger partial charge in [0.25, 0.3) is 0 Å². The summed E-state index contributed by atoms with van der Waals surface area (Å²) in [6.45, 7) is 2.07. The Morgan fingerprint density at radius 3 is 2.80 bits per heavy atom. The number of aromatic amines is 1. The molecule has 4 heteroatoms. The lowest BCUT2D eigenvalue weighted by Gasteiger charge is -2.08. The van der Waals surface area contributed by atoms with Crippen LogP contribution in [0.5, 0.6) is 0 Å². The normalized spacial score (nSPS) is 12.7. The fraction of sp³-hybridized carbons (Fsp3) is 0.188.